The molecule has 0 aromatic heterocycles. The average Bonchev–Trinajstić information content (AvgIpc) is 2.45. The molecular weight excluding hydrogens is 180 g/mol. The fraction of sp³-hybridized carbons (Fsp3) is 0.200. The zero-order valence-electron chi connectivity index (χ0n) is 7.54. The normalized spacial score (nSPS) is 14.1. The molecule has 0 atom stereocenters. The molecule has 0 bridgehead atoms. The van der Waals surface area contributed by atoms with E-state index in [2.05, 4.69) is 5.32 Å². The number of hydrogen-bond acceptors (Lipinski definition) is 3. The molecule has 0 saturated carbocycles. The van der Waals surface area contributed by atoms with Crippen molar-refractivity contribution >= 4 is 17.4 Å². The van der Waals surface area contributed by atoms with E-state index in [0.29, 0.717) is 17.8 Å². The summed E-state index contributed by atoms with van der Waals surface area (Å²) in [5.74, 6) is -1.01. The number of Topliss-reactive ketones (excluding diaryl/α,β-unsaturated/α-hetero) is 1. The first-order valence-electron chi connectivity index (χ1n) is 4.41. The second kappa shape index (κ2) is 3.23. The van der Waals surface area contributed by atoms with Crippen LogP contribution in [0.2, 0.25) is 0 Å². The Morgan fingerprint density at radius 2 is 2.07 bits per heavy atom. The topological polar surface area (TPSA) is 72.2 Å². The van der Waals surface area contributed by atoms with Gasteiger partial charge in [0.15, 0.2) is 0 Å². The molecule has 4 nitrogen and oxygen atoms in total. The summed E-state index contributed by atoms with van der Waals surface area (Å²) in [6, 6.07) is 5.33. The quantitative estimate of drug-likeness (QED) is 0.660. The smallest absolute Gasteiger partial charge is 0.296 e. The molecule has 1 aromatic rings. The first-order valence-corrected chi connectivity index (χ1v) is 4.41. The molecule has 0 saturated heterocycles. The lowest BCUT2D eigenvalue weighted by Gasteiger charge is -2.00. The zero-order valence-corrected chi connectivity index (χ0v) is 7.54. The highest BCUT2D eigenvalue weighted by Crippen LogP contribution is 2.23. The van der Waals surface area contributed by atoms with E-state index >= 15 is 0 Å². The molecule has 4 heteroatoms. The molecule has 1 heterocycles. The molecule has 1 amide bonds. The molecule has 1 aromatic carbocycles. The molecule has 0 radical (unpaired) electrons. The number of fused-ring (bicyclic) bond motifs is 1. The van der Waals surface area contributed by atoms with Crippen LogP contribution in [-0.2, 0) is 11.2 Å². The number of nitrogens with two attached hydrogens (primary N) is 1. The lowest BCUT2D eigenvalue weighted by Crippen LogP contribution is -2.12. The molecule has 72 valence electrons. The molecule has 3 N–H and O–H groups in total. The van der Waals surface area contributed by atoms with Crippen molar-refractivity contribution in [1.82, 2.24) is 0 Å². The van der Waals surface area contributed by atoms with Crippen molar-refractivity contribution in [3.63, 3.8) is 0 Å². The first kappa shape index (κ1) is 8.90. The Morgan fingerprint density at radius 1 is 1.29 bits per heavy atom. The number of amides is 1. The predicted octanol–water partition coefficient (Wildman–Crippen LogP) is 0.323. The van der Waals surface area contributed by atoms with Crippen LogP contribution in [0.3, 0.4) is 0 Å². The van der Waals surface area contributed by atoms with Gasteiger partial charge in [0.1, 0.15) is 0 Å². The van der Waals surface area contributed by atoms with E-state index in [0.717, 1.165) is 12.0 Å². The Kier molecular flexibility index (Phi) is 2.05. The van der Waals surface area contributed by atoms with E-state index < -0.39 is 11.7 Å². The van der Waals surface area contributed by atoms with Crippen molar-refractivity contribution in [2.24, 2.45) is 5.73 Å². The number of ketones is 1. The van der Waals surface area contributed by atoms with Gasteiger partial charge in [-0.1, -0.05) is 6.07 Å². The average molecular weight is 190 g/mol. The van der Waals surface area contributed by atoms with Gasteiger partial charge < -0.3 is 11.1 Å². The van der Waals surface area contributed by atoms with Crippen LogP contribution in [0.1, 0.15) is 15.9 Å². The minimum Gasteiger partial charge on any atom is -0.330 e. The van der Waals surface area contributed by atoms with Crippen LogP contribution in [0.25, 0.3) is 0 Å². The van der Waals surface area contributed by atoms with Crippen molar-refractivity contribution in [2.45, 2.75) is 6.42 Å². The molecular formula is C10H10N2O2. The van der Waals surface area contributed by atoms with Crippen molar-refractivity contribution in [3.8, 4) is 0 Å². The van der Waals surface area contributed by atoms with Gasteiger partial charge in [0.2, 0.25) is 0 Å². The number of benzene rings is 1. The van der Waals surface area contributed by atoms with Crippen LogP contribution in [0.5, 0.6) is 0 Å². The number of hydrogen-bond donors (Lipinski definition) is 2. The Labute approximate surface area is 81.1 Å². The van der Waals surface area contributed by atoms with Crippen LogP contribution in [-0.4, -0.2) is 18.2 Å². The second-order valence-corrected chi connectivity index (χ2v) is 3.20. The van der Waals surface area contributed by atoms with E-state index in [1.165, 1.54) is 0 Å². The standard InChI is InChI=1S/C10H10N2O2/c11-4-3-6-1-2-8-7(5-6)9(13)10(14)12-8/h1-2,5H,3-4,11H2,(H,12,13,14). The van der Waals surface area contributed by atoms with Gasteiger partial charge in [0, 0.05) is 0 Å². The fourth-order valence-electron chi connectivity index (χ4n) is 1.51. The third-order valence-corrected chi connectivity index (χ3v) is 2.22. The van der Waals surface area contributed by atoms with E-state index in [4.69, 9.17) is 5.73 Å². The Bertz CT molecular complexity index is 413. The second-order valence-electron chi connectivity index (χ2n) is 3.20. The van der Waals surface area contributed by atoms with E-state index in [9.17, 15) is 9.59 Å². The van der Waals surface area contributed by atoms with Crippen LogP contribution in [0.4, 0.5) is 5.69 Å². The minimum atomic E-state index is -0.551. The summed E-state index contributed by atoms with van der Waals surface area (Å²) in [4.78, 5) is 22.3. The SMILES string of the molecule is NCCc1ccc2c(c1)C(=O)C(=O)N2. The van der Waals surface area contributed by atoms with Gasteiger partial charge in [0.05, 0.1) is 11.3 Å². The number of carbonyl (C=O) groups excluding carboxylic acids is 2. The monoisotopic (exact) mass is 190 g/mol. The van der Waals surface area contributed by atoms with Crippen molar-refractivity contribution < 1.29 is 9.59 Å². The summed E-state index contributed by atoms with van der Waals surface area (Å²) in [5.41, 5.74) is 7.44. The van der Waals surface area contributed by atoms with Gasteiger partial charge in [-0.25, -0.2) is 0 Å². The van der Waals surface area contributed by atoms with Gasteiger partial charge in [-0.05, 0) is 30.7 Å². The van der Waals surface area contributed by atoms with E-state index in [-0.39, 0.29) is 0 Å². The number of anilines is 1. The van der Waals surface area contributed by atoms with Gasteiger partial charge in [-0.15, -0.1) is 0 Å². The summed E-state index contributed by atoms with van der Waals surface area (Å²) >= 11 is 0. The first-order chi connectivity index (χ1) is 6.72. The highest BCUT2D eigenvalue weighted by Gasteiger charge is 2.27. The third kappa shape index (κ3) is 1.29. The van der Waals surface area contributed by atoms with Crippen LogP contribution >= 0.6 is 0 Å². The Morgan fingerprint density at radius 3 is 2.79 bits per heavy atom. The molecule has 1 aliphatic rings. The fourth-order valence-corrected chi connectivity index (χ4v) is 1.51. The van der Waals surface area contributed by atoms with Crippen LogP contribution < -0.4 is 11.1 Å². The van der Waals surface area contributed by atoms with Crippen molar-refractivity contribution in [1.29, 1.82) is 0 Å². The lowest BCUT2D eigenvalue weighted by molar-refractivity contribution is -0.112. The molecule has 0 unspecified atom stereocenters. The van der Waals surface area contributed by atoms with Gasteiger partial charge in [-0.3, -0.25) is 9.59 Å². The molecule has 0 spiro atoms. The van der Waals surface area contributed by atoms with Crippen molar-refractivity contribution in [2.75, 3.05) is 11.9 Å². The zero-order chi connectivity index (χ0) is 10.1. The maximum Gasteiger partial charge on any atom is 0.296 e. The Hall–Kier alpha value is -1.68. The number of carbonyl (C=O) groups is 2. The van der Waals surface area contributed by atoms with Crippen LogP contribution in [0.15, 0.2) is 18.2 Å². The number of rotatable bonds is 2. The molecule has 1 aliphatic heterocycles. The lowest BCUT2D eigenvalue weighted by atomic mass is 10.1. The summed E-state index contributed by atoms with van der Waals surface area (Å²) in [5, 5.41) is 2.50. The predicted molar refractivity (Wildman–Crippen MR) is 52.2 cm³/mol. The third-order valence-electron chi connectivity index (χ3n) is 2.22. The van der Waals surface area contributed by atoms with E-state index in [1.807, 2.05) is 6.07 Å². The highest BCUT2D eigenvalue weighted by molar-refractivity contribution is 6.51. The highest BCUT2D eigenvalue weighted by atomic mass is 16.2. The van der Waals surface area contributed by atoms with Crippen LogP contribution in [0, 0.1) is 0 Å². The van der Waals surface area contributed by atoms with Crippen molar-refractivity contribution in [3.05, 3.63) is 29.3 Å². The molecule has 0 aliphatic carbocycles. The maximum atomic E-state index is 11.3. The summed E-state index contributed by atoms with van der Waals surface area (Å²) in [6.45, 7) is 0.536. The molecule has 0 fully saturated rings. The van der Waals surface area contributed by atoms with Gasteiger partial charge in [0.25, 0.3) is 11.7 Å². The Balaban J connectivity index is 2.41. The summed E-state index contributed by atoms with van der Waals surface area (Å²) < 4.78 is 0. The summed E-state index contributed by atoms with van der Waals surface area (Å²) in [6.07, 6.45) is 0.717. The van der Waals surface area contributed by atoms with Gasteiger partial charge in [-0.2, -0.15) is 0 Å². The minimum absolute atomic E-state index is 0.459. The molecule has 14 heavy (non-hydrogen) atoms. The largest absolute Gasteiger partial charge is 0.330 e. The molecule has 2 rings (SSSR count). The maximum absolute atomic E-state index is 11.3. The number of nitrogens with one attached hydrogen (secondary N) is 1. The van der Waals surface area contributed by atoms with Gasteiger partial charge >= 0.3 is 0 Å². The van der Waals surface area contributed by atoms with E-state index in [1.54, 1.807) is 12.1 Å². The summed E-state index contributed by atoms with van der Waals surface area (Å²) in [7, 11) is 0.